The van der Waals surface area contributed by atoms with Gasteiger partial charge in [-0.05, 0) is 19.4 Å². The van der Waals surface area contributed by atoms with Crippen LogP contribution in [0.25, 0.3) is 0 Å². The molecule has 0 saturated carbocycles. The summed E-state index contributed by atoms with van der Waals surface area (Å²) in [5, 5.41) is 3.80. The van der Waals surface area contributed by atoms with Crippen LogP contribution in [0.1, 0.15) is 28.4 Å². The van der Waals surface area contributed by atoms with E-state index in [-0.39, 0.29) is 11.9 Å². The van der Waals surface area contributed by atoms with Crippen molar-refractivity contribution in [3.8, 4) is 0 Å². The van der Waals surface area contributed by atoms with E-state index in [0.29, 0.717) is 15.9 Å². The van der Waals surface area contributed by atoms with E-state index in [1.54, 1.807) is 17.7 Å². The number of aryl methyl sites for hydroxylation is 2. The van der Waals surface area contributed by atoms with Crippen LogP contribution in [-0.4, -0.2) is 26.1 Å². The molecule has 21 heavy (non-hydrogen) atoms. The van der Waals surface area contributed by atoms with E-state index in [1.807, 2.05) is 13.1 Å². The molecule has 5 nitrogen and oxygen atoms in total. The predicted molar refractivity (Wildman–Crippen MR) is 82.0 cm³/mol. The molecule has 3 heterocycles. The van der Waals surface area contributed by atoms with Crippen molar-refractivity contribution in [3.05, 3.63) is 39.7 Å². The first-order valence-electron chi connectivity index (χ1n) is 6.80. The lowest BCUT2D eigenvalue weighted by Gasteiger charge is -2.24. The van der Waals surface area contributed by atoms with Gasteiger partial charge >= 0.3 is 0 Å². The summed E-state index contributed by atoms with van der Waals surface area (Å²) >= 11 is 11.9. The lowest BCUT2D eigenvalue weighted by Crippen LogP contribution is -2.41. The van der Waals surface area contributed by atoms with E-state index in [2.05, 4.69) is 14.9 Å². The Morgan fingerprint density at radius 3 is 2.90 bits per heavy atom. The van der Waals surface area contributed by atoms with Gasteiger partial charge in [0.25, 0.3) is 5.91 Å². The number of carbonyl (C=O) groups is 1. The maximum Gasteiger partial charge on any atom is 0.268 e. The maximum absolute atomic E-state index is 12.3. The van der Waals surface area contributed by atoms with Gasteiger partial charge in [-0.25, -0.2) is 4.98 Å². The molecule has 0 saturated heterocycles. The van der Waals surface area contributed by atoms with Gasteiger partial charge in [0.15, 0.2) is 0 Å². The first-order chi connectivity index (χ1) is 9.95. The molecule has 3 rings (SSSR count). The molecule has 0 bridgehead atoms. The van der Waals surface area contributed by atoms with Gasteiger partial charge in [-0.1, -0.05) is 23.2 Å². The van der Waals surface area contributed by atoms with Crippen LogP contribution >= 0.6 is 23.2 Å². The van der Waals surface area contributed by atoms with Crippen LogP contribution in [0.5, 0.6) is 0 Å². The van der Waals surface area contributed by atoms with E-state index < -0.39 is 0 Å². The molecule has 2 aromatic heterocycles. The SMILES string of the molecule is Cc1cn2c(n1)CC[C@H](NC(=O)c1cc(Cl)c(Cl)n1C)C2. The Balaban J connectivity index is 1.73. The fourth-order valence-electron chi connectivity index (χ4n) is 2.72. The van der Waals surface area contributed by atoms with Crippen molar-refractivity contribution in [1.82, 2.24) is 19.4 Å². The summed E-state index contributed by atoms with van der Waals surface area (Å²) in [6.07, 6.45) is 3.77. The molecule has 0 spiro atoms. The van der Waals surface area contributed by atoms with Crippen LogP contribution < -0.4 is 5.32 Å². The van der Waals surface area contributed by atoms with Crippen LogP contribution in [-0.2, 0) is 20.0 Å². The Labute approximate surface area is 132 Å². The lowest BCUT2D eigenvalue weighted by atomic mass is 10.1. The molecule has 0 aliphatic carbocycles. The van der Waals surface area contributed by atoms with E-state index in [0.717, 1.165) is 30.9 Å². The standard InChI is InChI=1S/C14H16Cl2N4O/c1-8-6-20-7-9(3-4-12(20)17-8)18-14(21)11-5-10(15)13(16)19(11)2/h5-6,9H,3-4,7H2,1-2H3,(H,18,21)/t9-/m0/s1. The largest absolute Gasteiger partial charge is 0.346 e. The highest BCUT2D eigenvalue weighted by Gasteiger charge is 2.23. The van der Waals surface area contributed by atoms with Crippen LogP contribution in [0.15, 0.2) is 12.3 Å². The molecule has 1 aliphatic rings. The summed E-state index contributed by atoms with van der Waals surface area (Å²) in [6.45, 7) is 2.72. The van der Waals surface area contributed by atoms with E-state index in [4.69, 9.17) is 23.2 Å². The Morgan fingerprint density at radius 1 is 1.48 bits per heavy atom. The second-order valence-electron chi connectivity index (χ2n) is 5.39. The number of imidazole rings is 1. The second kappa shape index (κ2) is 5.39. The third-order valence-corrected chi connectivity index (χ3v) is 4.64. The van der Waals surface area contributed by atoms with Gasteiger partial charge in [0.05, 0.1) is 10.7 Å². The summed E-state index contributed by atoms with van der Waals surface area (Å²) in [6, 6.07) is 1.68. The van der Waals surface area contributed by atoms with Gasteiger partial charge in [-0.2, -0.15) is 0 Å². The monoisotopic (exact) mass is 326 g/mol. The average molecular weight is 327 g/mol. The number of hydrogen-bond donors (Lipinski definition) is 1. The molecular formula is C14H16Cl2N4O. The number of rotatable bonds is 2. The summed E-state index contributed by atoms with van der Waals surface area (Å²) < 4.78 is 3.70. The molecule has 0 unspecified atom stereocenters. The molecule has 0 aromatic carbocycles. The van der Waals surface area contributed by atoms with Crippen LogP contribution in [0.4, 0.5) is 0 Å². The van der Waals surface area contributed by atoms with Crippen LogP contribution in [0.2, 0.25) is 10.2 Å². The summed E-state index contributed by atoms with van der Waals surface area (Å²) in [5.74, 6) is 0.930. The van der Waals surface area contributed by atoms with Crippen molar-refractivity contribution in [2.24, 2.45) is 7.05 Å². The van der Waals surface area contributed by atoms with Gasteiger partial charge in [-0.3, -0.25) is 4.79 Å². The van der Waals surface area contributed by atoms with Crippen molar-refractivity contribution >= 4 is 29.1 Å². The normalized spacial score (nSPS) is 17.6. The van der Waals surface area contributed by atoms with E-state index >= 15 is 0 Å². The summed E-state index contributed by atoms with van der Waals surface area (Å²) in [7, 11) is 1.72. The zero-order valence-electron chi connectivity index (χ0n) is 11.9. The van der Waals surface area contributed by atoms with Crippen molar-refractivity contribution in [2.45, 2.75) is 32.4 Å². The Morgan fingerprint density at radius 2 is 2.24 bits per heavy atom. The zero-order valence-corrected chi connectivity index (χ0v) is 13.4. The predicted octanol–water partition coefficient (Wildman–Crippen LogP) is 2.58. The highest BCUT2D eigenvalue weighted by molar-refractivity contribution is 6.41. The van der Waals surface area contributed by atoms with Gasteiger partial charge in [-0.15, -0.1) is 0 Å². The minimum atomic E-state index is -0.156. The molecule has 1 atom stereocenters. The Hall–Kier alpha value is -1.46. The molecule has 0 radical (unpaired) electrons. The number of hydrogen-bond acceptors (Lipinski definition) is 2. The quantitative estimate of drug-likeness (QED) is 0.922. The number of fused-ring (bicyclic) bond motifs is 1. The molecule has 1 aliphatic heterocycles. The molecule has 2 aromatic rings. The lowest BCUT2D eigenvalue weighted by molar-refractivity contribution is 0.0919. The van der Waals surface area contributed by atoms with Crippen molar-refractivity contribution in [3.63, 3.8) is 0 Å². The summed E-state index contributed by atoms with van der Waals surface area (Å²) in [4.78, 5) is 16.8. The second-order valence-corrected chi connectivity index (χ2v) is 6.15. The third kappa shape index (κ3) is 2.68. The molecule has 1 N–H and O–H groups in total. The first kappa shape index (κ1) is 14.5. The van der Waals surface area contributed by atoms with Crippen molar-refractivity contribution < 1.29 is 4.79 Å². The van der Waals surface area contributed by atoms with E-state index in [1.165, 1.54) is 0 Å². The number of carbonyl (C=O) groups excluding carboxylic acids is 1. The molecular weight excluding hydrogens is 311 g/mol. The zero-order chi connectivity index (χ0) is 15.1. The van der Waals surface area contributed by atoms with Gasteiger partial charge in [0.2, 0.25) is 0 Å². The topological polar surface area (TPSA) is 51.9 Å². The van der Waals surface area contributed by atoms with Crippen LogP contribution in [0, 0.1) is 6.92 Å². The average Bonchev–Trinajstić information content (AvgIpc) is 2.92. The number of amides is 1. The van der Waals surface area contributed by atoms with Gasteiger partial charge < -0.3 is 14.5 Å². The molecule has 112 valence electrons. The van der Waals surface area contributed by atoms with Crippen molar-refractivity contribution in [1.29, 1.82) is 0 Å². The number of nitrogens with zero attached hydrogens (tertiary/aromatic N) is 3. The highest BCUT2D eigenvalue weighted by Crippen LogP contribution is 2.25. The minimum absolute atomic E-state index is 0.0889. The molecule has 7 heteroatoms. The molecule has 0 fully saturated rings. The van der Waals surface area contributed by atoms with Gasteiger partial charge in [0, 0.05) is 32.3 Å². The Kier molecular flexibility index (Phi) is 3.71. The fraction of sp³-hybridized carbons (Fsp3) is 0.429. The molecule has 1 amide bonds. The minimum Gasteiger partial charge on any atom is -0.346 e. The number of halogens is 2. The first-order valence-corrected chi connectivity index (χ1v) is 7.55. The smallest absolute Gasteiger partial charge is 0.268 e. The third-order valence-electron chi connectivity index (χ3n) is 3.80. The number of nitrogens with one attached hydrogen (secondary N) is 1. The van der Waals surface area contributed by atoms with Crippen LogP contribution in [0.3, 0.4) is 0 Å². The highest BCUT2D eigenvalue weighted by atomic mass is 35.5. The van der Waals surface area contributed by atoms with Crippen molar-refractivity contribution in [2.75, 3.05) is 0 Å². The van der Waals surface area contributed by atoms with E-state index in [9.17, 15) is 4.79 Å². The maximum atomic E-state index is 12.3. The Bertz CT molecular complexity index is 704. The van der Waals surface area contributed by atoms with Gasteiger partial charge in [0.1, 0.15) is 16.7 Å². The fourth-order valence-corrected chi connectivity index (χ4v) is 3.10. The summed E-state index contributed by atoms with van der Waals surface area (Å²) in [5.41, 5.74) is 1.48. The number of aromatic nitrogens is 3.